The summed E-state index contributed by atoms with van der Waals surface area (Å²) in [5.74, 6) is 0. The molecule has 21 heavy (non-hydrogen) atoms. The van der Waals surface area contributed by atoms with Gasteiger partial charge >= 0.3 is 6.03 Å². The summed E-state index contributed by atoms with van der Waals surface area (Å²) in [6.07, 6.45) is 2.19. The van der Waals surface area contributed by atoms with Gasteiger partial charge in [-0.1, -0.05) is 0 Å². The van der Waals surface area contributed by atoms with Gasteiger partial charge in [0.25, 0.3) is 0 Å². The van der Waals surface area contributed by atoms with Crippen molar-refractivity contribution in [3.05, 3.63) is 17.0 Å². The zero-order valence-electron chi connectivity index (χ0n) is 13.7. The van der Waals surface area contributed by atoms with Gasteiger partial charge < -0.3 is 15.5 Å². The number of urea groups is 1. The van der Waals surface area contributed by atoms with Crippen molar-refractivity contribution in [2.45, 2.75) is 45.7 Å². The van der Waals surface area contributed by atoms with Crippen LogP contribution in [0.4, 0.5) is 4.79 Å². The number of likely N-dealkylation sites (N-methyl/N-ethyl adjacent to an activating group) is 1. The van der Waals surface area contributed by atoms with Gasteiger partial charge in [-0.25, -0.2) is 4.79 Å². The molecule has 6 heteroatoms. The third-order valence-corrected chi connectivity index (χ3v) is 4.31. The van der Waals surface area contributed by atoms with Crippen molar-refractivity contribution in [1.82, 2.24) is 25.3 Å². The van der Waals surface area contributed by atoms with Crippen molar-refractivity contribution >= 4 is 6.03 Å². The molecule has 0 radical (unpaired) electrons. The lowest BCUT2D eigenvalue weighted by Crippen LogP contribution is -2.49. The van der Waals surface area contributed by atoms with Gasteiger partial charge in [-0.05, 0) is 47.2 Å². The molecule has 0 bridgehead atoms. The third-order valence-electron chi connectivity index (χ3n) is 4.31. The lowest BCUT2D eigenvalue weighted by Gasteiger charge is -2.30. The first-order valence-electron chi connectivity index (χ1n) is 7.64. The van der Waals surface area contributed by atoms with Crippen molar-refractivity contribution < 1.29 is 4.79 Å². The molecule has 1 aliphatic heterocycles. The Kier molecular flexibility index (Phi) is 4.88. The molecule has 2 atom stereocenters. The molecule has 118 valence electrons. The van der Waals surface area contributed by atoms with E-state index in [1.54, 1.807) is 0 Å². The number of aryl methyl sites for hydroxylation is 2. The second kappa shape index (κ2) is 6.47. The van der Waals surface area contributed by atoms with E-state index >= 15 is 0 Å². The molecule has 0 aromatic carbocycles. The summed E-state index contributed by atoms with van der Waals surface area (Å²) in [5, 5.41) is 10.5. The SMILES string of the molecule is Cc1nn(C)c(C)c1[C@H](C)NC(=O)N[C@H]1CCCN(C)C1. The fourth-order valence-corrected chi connectivity index (χ4v) is 3.20. The number of carbonyl (C=O) groups excluding carboxylic acids is 1. The molecule has 6 nitrogen and oxygen atoms in total. The highest BCUT2D eigenvalue weighted by Crippen LogP contribution is 2.20. The first-order chi connectivity index (χ1) is 9.88. The zero-order chi connectivity index (χ0) is 15.6. The minimum absolute atomic E-state index is 0.0416. The normalized spacial score (nSPS) is 21.1. The minimum atomic E-state index is -0.0922. The molecule has 1 aromatic rings. The van der Waals surface area contributed by atoms with Gasteiger partial charge in [-0.15, -0.1) is 0 Å². The molecule has 1 fully saturated rings. The molecule has 0 aliphatic carbocycles. The van der Waals surface area contributed by atoms with E-state index in [2.05, 4.69) is 27.7 Å². The summed E-state index contributed by atoms with van der Waals surface area (Å²) in [6.45, 7) is 8.05. The van der Waals surface area contributed by atoms with E-state index in [9.17, 15) is 4.79 Å². The van der Waals surface area contributed by atoms with E-state index in [1.807, 2.05) is 32.5 Å². The Morgan fingerprint density at radius 3 is 2.67 bits per heavy atom. The van der Waals surface area contributed by atoms with E-state index in [0.717, 1.165) is 42.9 Å². The Morgan fingerprint density at radius 2 is 2.10 bits per heavy atom. The largest absolute Gasteiger partial charge is 0.334 e. The first kappa shape index (κ1) is 15.8. The van der Waals surface area contributed by atoms with E-state index in [1.165, 1.54) is 0 Å². The van der Waals surface area contributed by atoms with Crippen LogP contribution in [-0.4, -0.2) is 46.9 Å². The van der Waals surface area contributed by atoms with Gasteiger partial charge in [0.15, 0.2) is 0 Å². The summed E-state index contributed by atoms with van der Waals surface area (Å²) < 4.78 is 1.86. The van der Waals surface area contributed by atoms with Crippen molar-refractivity contribution in [1.29, 1.82) is 0 Å². The van der Waals surface area contributed by atoms with Crippen LogP contribution >= 0.6 is 0 Å². The number of rotatable bonds is 3. The maximum Gasteiger partial charge on any atom is 0.315 e. The predicted molar refractivity (Wildman–Crippen MR) is 83.3 cm³/mol. The summed E-state index contributed by atoms with van der Waals surface area (Å²) >= 11 is 0. The van der Waals surface area contributed by atoms with E-state index in [0.29, 0.717) is 0 Å². The van der Waals surface area contributed by atoms with Crippen molar-refractivity contribution in [2.24, 2.45) is 7.05 Å². The van der Waals surface area contributed by atoms with Crippen LogP contribution in [0.25, 0.3) is 0 Å². The maximum atomic E-state index is 12.2. The number of hydrogen-bond acceptors (Lipinski definition) is 3. The molecule has 2 rings (SSSR count). The highest BCUT2D eigenvalue weighted by molar-refractivity contribution is 5.74. The van der Waals surface area contributed by atoms with Gasteiger partial charge in [0.05, 0.1) is 11.7 Å². The quantitative estimate of drug-likeness (QED) is 0.887. The van der Waals surface area contributed by atoms with Crippen LogP contribution in [0.5, 0.6) is 0 Å². The van der Waals surface area contributed by atoms with Crippen LogP contribution < -0.4 is 10.6 Å². The van der Waals surface area contributed by atoms with Gasteiger partial charge in [0.2, 0.25) is 0 Å². The summed E-state index contributed by atoms with van der Waals surface area (Å²) in [6, 6.07) is 0.109. The summed E-state index contributed by atoms with van der Waals surface area (Å²) in [4.78, 5) is 14.4. The molecular formula is C15H27N5O. The van der Waals surface area contributed by atoms with Crippen LogP contribution in [0.2, 0.25) is 0 Å². The molecule has 1 aliphatic rings. The first-order valence-corrected chi connectivity index (χ1v) is 7.64. The average Bonchev–Trinajstić information content (AvgIpc) is 2.62. The highest BCUT2D eigenvalue weighted by atomic mass is 16.2. The standard InChI is InChI=1S/C15H27N5O/c1-10(14-11(2)18-20(5)12(14)3)16-15(21)17-13-7-6-8-19(4)9-13/h10,13H,6-9H2,1-5H3,(H2,16,17,21)/t10-,13-/m0/s1. The number of nitrogens with one attached hydrogen (secondary N) is 2. The molecule has 2 N–H and O–H groups in total. The van der Waals surface area contributed by atoms with Gasteiger partial charge in [0, 0.05) is 30.9 Å². The van der Waals surface area contributed by atoms with Crippen LogP contribution in [0.3, 0.4) is 0 Å². The van der Waals surface area contributed by atoms with E-state index in [4.69, 9.17) is 0 Å². The van der Waals surface area contributed by atoms with Crippen molar-refractivity contribution in [3.8, 4) is 0 Å². The summed E-state index contributed by atoms with van der Waals surface area (Å²) in [5.41, 5.74) is 3.17. The van der Waals surface area contributed by atoms with Crippen LogP contribution in [0, 0.1) is 13.8 Å². The average molecular weight is 293 g/mol. The van der Waals surface area contributed by atoms with E-state index < -0.39 is 0 Å². The molecule has 0 saturated carbocycles. The highest BCUT2D eigenvalue weighted by Gasteiger charge is 2.21. The number of amides is 2. The molecule has 0 unspecified atom stereocenters. The number of piperidine rings is 1. The van der Waals surface area contributed by atoms with E-state index in [-0.39, 0.29) is 18.1 Å². The second-order valence-corrected chi connectivity index (χ2v) is 6.15. The lowest BCUT2D eigenvalue weighted by atomic mass is 10.1. The topological polar surface area (TPSA) is 62.2 Å². The maximum absolute atomic E-state index is 12.2. The Hall–Kier alpha value is -1.56. The Balaban J connectivity index is 1.93. The molecular weight excluding hydrogens is 266 g/mol. The number of nitrogens with zero attached hydrogens (tertiary/aromatic N) is 3. The fraction of sp³-hybridized carbons (Fsp3) is 0.733. The Morgan fingerprint density at radius 1 is 1.38 bits per heavy atom. The molecule has 0 spiro atoms. The minimum Gasteiger partial charge on any atom is -0.334 e. The molecule has 2 amide bonds. The number of carbonyl (C=O) groups is 1. The Bertz CT molecular complexity index is 510. The van der Waals surface area contributed by atoms with Gasteiger partial charge in [-0.3, -0.25) is 4.68 Å². The molecule has 1 aromatic heterocycles. The van der Waals surface area contributed by atoms with Crippen molar-refractivity contribution in [2.75, 3.05) is 20.1 Å². The van der Waals surface area contributed by atoms with Crippen LogP contribution in [-0.2, 0) is 7.05 Å². The monoisotopic (exact) mass is 293 g/mol. The predicted octanol–water partition coefficient (Wildman–Crippen LogP) is 1.49. The number of likely N-dealkylation sites (tertiary alicyclic amines) is 1. The second-order valence-electron chi connectivity index (χ2n) is 6.15. The molecule has 2 heterocycles. The zero-order valence-corrected chi connectivity index (χ0v) is 13.7. The number of hydrogen-bond donors (Lipinski definition) is 2. The van der Waals surface area contributed by atoms with Crippen molar-refractivity contribution in [3.63, 3.8) is 0 Å². The van der Waals surface area contributed by atoms with Gasteiger partial charge in [0.1, 0.15) is 0 Å². The van der Waals surface area contributed by atoms with Crippen LogP contribution in [0.1, 0.15) is 42.8 Å². The fourth-order valence-electron chi connectivity index (χ4n) is 3.20. The summed E-state index contributed by atoms with van der Waals surface area (Å²) in [7, 11) is 4.02. The van der Waals surface area contributed by atoms with Gasteiger partial charge in [-0.2, -0.15) is 5.10 Å². The van der Waals surface area contributed by atoms with Crippen LogP contribution in [0.15, 0.2) is 0 Å². The smallest absolute Gasteiger partial charge is 0.315 e. The molecule has 1 saturated heterocycles. The number of aromatic nitrogens is 2. The third kappa shape index (κ3) is 3.75. The lowest BCUT2D eigenvalue weighted by molar-refractivity contribution is 0.207. The Labute approximate surface area is 126 Å².